The molecule has 158 valence electrons. The molecule has 1 aromatic heterocycles. The van der Waals surface area contributed by atoms with Crippen LogP contribution in [0.25, 0.3) is 0 Å². The van der Waals surface area contributed by atoms with Gasteiger partial charge in [0, 0.05) is 45.6 Å². The van der Waals surface area contributed by atoms with Gasteiger partial charge in [-0.25, -0.2) is 4.79 Å². The molecule has 9 nitrogen and oxygen atoms in total. The Balaban J connectivity index is 1.61. The van der Waals surface area contributed by atoms with Gasteiger partial charge < -0.3 is 24.4 Å². The van der Waals surface area contributed by atoms with E-state index in [-0.39, 0.29) is 35.5 Å². The maximum atomic E-state index is 12.9. The van der Waals surface area contributed by atoms with E-state index in [1.807, 2.05) is 29.2 Å². The van der Waals surface area contributed by atoms with Crippen molar-refractivity contribution >= 4 is 11.9 Å². The molecule has 3 heterocycles. The lowest BCUT2D eigenvalue weighted by Crippen LogP contribution is -2.42. The van der Waals surface area contributed by atoms with E-state index in [0.717, 1.165) is 17.5 Å². The number of amides is 3. The van der Waals surface area contributed by atoms with Gasteiger partial charge in [0.05, 0.1) is 25.5 Å². The zero-order valence-corrected chi connectivity index (χ0v) is 17.2. The first-order valence-corrected chi connectivity index (χ1v) is 9.84. The van der Waals surface area contributed by atoms with Crippen LogP contribution in [0.4, 0.5) is 4.79 Å². The van der Waals surface area contributed by atoms with Crippen LogP contribution < -0.4 is 10.3 Å². The fraction of sp³-hybridized carbons (Fsp3) is 0.429. The first-order valence-electron chi connectivity index (χ1n) is 9.84. The van der Waals surface area contributed by atoms with Crippen LogP contribution in [0.3, 0.4) is 0 Å². The molecular formula is C21H25N5O4. The maximum absolute atomic E-state index is 12.9. The van der Waals surface area contributed by atoms with Crippen molar-refractivity contribution in [2.24, 2.45) is 11.8 Å². The number of H-pyrrole nitrogens is 1. The molecule has 1 aromatic carbocycles. The van der Waals surface area contributed by atoms with Crippen molar-refractivity contribution in [1.82, 2.24) is 24.7 Å². The van der Waals surface area contributed by atoms with Crippen molar-refractivity contribution in [1.29, 1.82) is 0 Å². The minimum absolute atomic E-state index is 0.0420. The first-order chi connectivity index (χ1) is 14.4. The summed E-state index contributed by atoms with van der Waals surface area (Å²) >= 11 is 0. The first kappa shape index (κ1) is 19.9. The van der Waals surface area contributed by atoms with Crippen LogP contribution in [0.5, 0.6) is 5.75 Å². The zero-order valence-electron chi connectivity index (χ0n) is 17.2. The highest BCUT2D eigenvalue weighted by Crippen LogP contribution is 2.45. The molecule has 1 N–H and O–H groups in total. The third-order valence-corrected chi connectivity index (χ3v) is 5.92. The third kappa shape index (κ3) is 3.51. The second-order valence-corrected chi connectivity index (χ2v) is 7.99. The van der Waals surface area contributed by atoms with Gasteiger partial charge in [0.15, 0.2) is 0 Å². The smallest absolute Gasteiger partial charge is 0.320 e. The fourth-order valence-corrected chi connectivity index (χ4v) is 4.55. The Morgan fingerprint density at radius 1 is 1.13 bits per heavy atom. The van der Waals surface area contributed by atoms with E-state index < -0.39 is 5.56 Å². The van der Waals surface area contributed by atoms with E-state index >= 15 is 0 Å². The highest BCUT2D eigenvalue weighted by molar-refractivity contribution is 5.92. The molecule has 4 rings (SSSR count). The van der Waals surface area contributed by atoms with E-state index in [2.05, 4.69) is 9.97 Å². The van der Waals surface area contributed by atoms with Crippen molar-refractivity contribution in [3.63, 3.8) is 0 Å². The summed E-state index contributed by atoms with van der Waals surface area (Å²) in [6, 6.07) is 7.55. The minimum atomic E-state index is -0.404. The summed E-state index contributed by atoms with van der Waals surface area (Å²) in [4.78, 5) is 48.9. The van der Waals surface area contributed by atoms with Crippen molar-refractivity contribution in [3.05, 3.63) is 58.3 Å². The summed E-state index contributed by atoms with van der Waals surface area (Å²) < 4.78 is 5.26. The van der Waals surface area contributed by atoms with Crippen molar-refractivity contribution in [2.75, 3.05) is 40.8 Å². The van der Waals surface area contributed by atoms with Gasteiger partial charge in [-0.1, -0.05) is 12.1 Å². The lowest BCUT2D eigenvalue weighted by molar-refractivity contribution is 0.0760. The number of methoxy groups -OCH3 is 1. The van der Waals surface area contributed by atoms with E-state index in [9.17, 15) is 14.4 Å². The van der Waals surface area contributed by atoms with Crippen LogP contribution in [0.2, 0.25) is 0 Å². The van der Waals surface area contributed by atoms with Crippen molar-refractivity contribution in [3.8, 4) is 5.75 Å². The van der Waals surface area contributed by atoms with Crippen molar-refractivity contribution in [2.45, 2.75) is 6.04 Å². The summed E-state index contributed by atoms with van der Waals surface area (Å²) in [5.41, 5.74) is 0.798. The lowest BCUT2D eigenvalue weighted by atomic mass is 9.89. The molecular weight excluding hydrogens is 386 g/mol. The predicted molar refractivity (Wildman–Crippen MR) is 109 cm³/mol. The zero-order chi connectivity index (χ0) is 21.4. The third-order valence-electron chi connectivity index (χ3n) is 5.92. The predicted octanol–water partition coefficient (Wildman–Crippen LogP) is 1.21. The van der Waals surface area contributed by atoms with E-state index in [4.69, 9.17) is 4.74 Å². The molecule has 2 aliphatic rings. The molecule has 0 bridgehead atoms. The Bertz CT molecular complexity index is 1000. The van der Waals surface area contributed by atoms with Crippen LogP contribution in [-0.4, -0.2) is 77.4 Å². The summed E-state index contributed by atoms with van der Waals surface area (Å²) in [5, 5.41) is 0. The standard InChI is InChI=1S/C21H25N5O4/c1-24(2)21(29)26-11-14-10-25(20(28)17-8-22-9-18(27)23-17)12-16(14)19(26)13-4-6-15(30-3)7-5-13/h4-9,14,16,19H,10-12H2,1-3H3,(H,23,27)/t14-,16-,19+/m1/s1. The Morgan fingerprint density at radius 2 is 1.87 bits per heavy atom. The highest BCUT2D eigenvalue weighted by Gasteiger charge is 2.50. The number of ether oxygens (including phenoxy) is 1. The van der Waals surface area contributed by atoms with Gasteiger partial charge in [-0.15, -0.1) is 0 Å². The Morgan fingerprint density at radius 3 is 2.50 bits per heavy atom. The minimum Gasteiger partial charge on any atom is -0.497 e. The molecule has 2 fully saturated rings. The van der Waals surface area contributed by atoms with Crippen LogP contribution in [0.15, 0.2) is 41.5 Å². The second kappa shape index (κ2) is 7.81. The number of rotatable bonds is 3. The Labute approximate surface area is 174 Å². The molecule has 0 unspecified atom stereocenters. The number of carbonyl (C=O) groups is 2. The topological polar surface area (TPSA) is 98.8 Å². The molecule has 3 amide bonds. The SMILES string of the molecule is COc1ccc([C@H]2[C@@H]3CN(C(=O)c4cncc(=O)[nH]4)C[C@@H]3CN2C(=O)N(C)C)cc1. The summed E-state index contributed by atoms with van der Waals surface area (Å²) in [5.74, 6) is 0.777. The number of hydrogen-bond acceptors (Lipinski definition) is 5. The number of urea groups is 1. The van der Waals surface area contributed by atoms with Gasteiger partial charge >= 0.3 is 6.03 Å². The summed E-state index contributed by atoms with van der Waals surface area (Å²) in [7, 11) is 5.11. The Kier molecular flexibility index (Phi) is 5.19. The lowest BCUT2D eigenvalue weighted by Gasteiger charge is -2.32. The molecule has 2 saturated heterocycles. The van der Waals surface area contributed by atoms with Gasteiger partial charge in [0.1, 0.15) is 11.4 Å². The second-order valence-electron chi connectivity index (χ2n) is 7.99. The highest BCUT2D eigenvalue weighted by atomic mass is 16.5. The molecule has 0 radical (unpaired) electrons. The number of aromatic amines is 1. The van der Waals surface area contributed by atoms with Crippen LogP contribution >= 0.6 is 0 Å². The van der Waals surface area contributed by atoms with Crippen LogP contribution in [0, 0.1) is 11.8 Å². The molecule has 0 aliphatic carbocycles. The number of carbonyl (C=O) groups excluding carboxylic acids is 2. The molecule has 3 atom stereocenters. The molecule has 2 aromatic rings. The van der Waals surface area contributed by atoms with E-state index in [1.165, 1.54) is 6.20 Å². The maximum Gasteiger partial charge on any atom is 0.320 e. The van der Waals surface area contributed by atoms with Gasteiger partial charge in [0.25, 0.3) is 11.5 Å². The average molecular weight is 411 g/mol. The van der Waals surface area contributed by atoms with Crippen LogP contribution in [0.1, 0.15) is 22.1 Å². The number of nitrogens with one attached hydrogen (secondary N) is 1. The van der Waals surface area contributed by atoms with Gasteiger partial charge in [0.2, 0.25) is 0 Å². The van der Waals surface area contributed by atoms with Gasteiger partial charge in [-0.3, -0.25) is 14.6 Å². The molecule has 0 saturated carbocycles. The number of hydrogen-bond donors (Lipinski definition) is 1. The summed E-state index contributed by atoms with van der Waals surface area (Å²) in [6.07, 6.45) is 2.51. The Hall–Kier alpha value is -3.36. The molecule has 9 heteroatoms. The largest absolute Gasteiger partial charge is 0.497 e. The van der Waals surface area contributed by atoms with E-state index in [0.29, 0.717) is 19.6 Å². The van der Waals surface area contributed by atoms with Gasteiger partial charge in [-0.05, 0) is 17.7 Å². The fourth-order valence-electron chi connectivity index (χ4n) is 4.55. The normalized spacial score (nSPS) is 22.7. The molecule has 30 heavy (non-hydrogen) atoms. The van der Waals surface area contributed by atoms with Gasteiger partial charge in [-0.2, -0.15) is 0 Å². The van der Waals surface area contributed by atoms with Crippen LogP contribution in [-0.2, 0) is 0 Å². The average Bonchev–Trinajstić information content (AvgIpc) is 3.30. The molecule has 2 aliphatic heterocycles. The summed E-state index contributed by atoms with van der Waals surface area (Å²) in [6.45, 7) is 1.62. The number of fused-ring (bicyclic) bond motifs is 1. The molecule has 0 spiro atoms. The quantitative estimate of drug-likeness (QED) is 0.819. The van der Waals surface area contributed by atoms with E-state index in [1.54, 1.807) is 31.0 Å². The number of likely N-dealkylation sites (tertiary alicyclic amines) is 2. The number of nitrogens with zero attached hydrogens (tertiary/aromatic N) is 4. The monoisotopic (exact) mass is 411 g/mol. The van der Waals surface area contributed by atoms with Crippen molar-refractivity contribution < 1.29 is 14.3 Å². The number of aromatic nitrogens is 2. The number of benzene rings is 1.